The van der Waals surface area contributed by atoms with Crippen molar-refractivity contribution in [2.45, 2.75) is 38.6 Å². The number of thioether (sulfide) groups is 1. The molecule has 5 nitrogen and oxygen atoms in total. The lowest BCUT2D eigenvalue weighted by atomic mass is 10.0. The van der Waals surface area contributed by atoms with Crippen molar-refractivity contribution in [3.63, 3.8) is 0 Å². The molecule has 2 aliphatic rings. The van der Waals surface area contributed by atoms with Crippen molar-refractivity contribution in [2.75, 3.05) is 6.54 Å². The lowest BCUT2D eigenvalue weighted by molar-refractivity contribution is -0.122. The van der Waals surface area contributed by atoms with Crippen LogP contribution in [-0.4, -0.2) is 32.1 Å². The number of carbonyl (C=O) groups excluding carboxylic acids is 2. The van der Waals surface area contributed by atoms with Crippen LogP contribution >= 0.6 is 24.0 Å². The van der Waals surface area contributed by atoms with E-state index in [2.05, 4.69) is 0 Å². The molecule has 0 atom stereocenters. The number of benzene rings is 1. The third-order valence-corrected chi connectivity index (χ3v) is 6.92. The summed E-state index contributed by atoms with van der Waals surface area (Å²) in [7, 11) is 0. The molecule has 2 N–H and O–H groups in total. The fourth-order valence-electron chi connectivity index (χ4n) is 4.13. The number of hydrogen-bond acceptors (Lipinski definition) is 4. The molecule has 1 saturated heterocycles. The average molecular weight is 414 g/mol. The zero-order valence-electron chi connectivity index (χ0n) is 15.6. The van der Waals surface area contributed by atoms with E-state index in [9.17, 15) is 9.59 Å². The summed E-state index contributed by atoms with van der Waals surface area (Å²) in [4.78, 5) is 26.7. The molecule has 1 aromatic carbocycles. The highest BCUT2D eigenvalue weighted by atomic mass is 32.2. The number of nitrogens with two attached hydrogens (primary N) is 1. The summed E-state index contributed by atoms with van der Waals surface area (Å²) < 4.78 is 2.46. The van der Waals surface area contributed by atoms with E-state index < -0.39 is 5.91 Å². The number of para-hydroxylation sites is 1. The predicted molar refractivity (Wildman–Crippen MR) is 118 cm³/mol. The Labute approximate surface area is 173 Å². The molecular weight excluding hydrogens is 390 g/mol. The van der Waals surface area contributed by atoms with Gasteiger partial charge in [0.15, 0.2) is 0 Å². The molecule has 0 bridgehead atoms. The maximum absolute atomic E-state index is 12.9. The second-order valence-electron chi connectivity index (χ2n) is 7.47. The molecular formula is C21H23N3O2S2. The monoisotopic (exact) mass is 413 g/mol. The zero-order valence-corrected chi connectivity index (χ0v) is 17.2. The van der Waals surface area contributed by atoms with Crippen LogP contribution in [0.5, 0.6) is 0 Å². The van der Waals surface area contributed by atoms with Gasteiger partial charge < -0.3 is 10.3 Å². The summed E-state index contributed by atoms with van der Waals surface area (Å²) in [5.74, 6) is 0.311. The van der Waals surface area contributed by atoms with Crippen LogP contribution in [0.2, 0.25) is 0 Å². The standard InChI is InChI=1S/C21H23N3O2S2/c22-19(25)13-23-12-15(16-7-3-4-8-17(16)23)11-18-20(26)24(21(27)28-18)10-9-14-5-1-2-6-14/h3-4,7-8,11-12,14H,1-2,5-6,9-10,13H2,(H2,22,25)/b18-11-. The van der Waals surface area contributed by atoms with Crippen LogP contribution in [0.1, 0.15) is 37.7 Å². The SMILES string of the molecule is NC(=O)Cn1cc(/C=C2\SC(=S)N(CCC3CCCC3)C2=O)c2ccccc21. The van der Waals surface area contributed by atoms with E-state index in [1.165, 1.54) is 37.4 Å². The number of aromatic nitrogens is 1. The molecule has 1 saturated carbocycles. The van der Waals surface area contributed by atoms with Crippen LogP contribution in [0.4, 0.5) is 0 Å². The largest absolute Gasteiger partial charge is 0.368 e. The van der Waals surface area contributed by atoms with E-state index in [1.54, 1.807) is 4.90 Å². The van der Waals surface area contributed by atoms with Gasteiger partial charge in [-0.15, -0.1) is 0 Å². The number of hydrogen-bond donors (Lipinski definition) is 1. The van der Waals surface area contributed by atoms with E-state index in [1.807, 2.05) is 41.1 Å². The minimum atomic E-state index is -0.398. The zero-order chi connectivity index (χ0) is 19.7. The molecule has 2 aromatic rings. The Morgan fingerprint density at radius 3 is 2.79 bits per heavy atom. The van der Waals surface area contributed by atoms with E-state index in [0.717, 1.165) is 28.8 Å². The molecule has 2 fully saturated rings. The van der Waals surface area contributed by atoms with Gasteiger partial charge in [0.1, 0.15) is 10.9 Å². The summed E-state index contributed by atoms with van der Waals surface area (Å²) in [5, 5.41) is 0.986. The molecule has 0 radical (unpaired) electrons. The highest BCUT2D eigenvalue weighted by Gasteiger charge is 2.32. The molecule has 146 valence electrons. The van der Waals surface area contributed by atoms with Crippen LogP contribution in [0.15, 0.2) is 35.4 Å². The number of fused-ring (bicyclic) bond motifs is 1. The number of nitrogens with zero attached hydrogens (tertiary/aromatic N) is 2. The number of carbonyl (C=O) groups is 2. The van der Waals surface area contributed by atoms with Crippen molar-refractivity contribution < 1.29 is 9.59 Å². The van der Waals surface area contributed by atoms with Crippen molar-refractivity contribution in [1.29, 1.82) is 0 Å². The smallest absolute Gasteiger partial charge is 0.266 e. The summed E-state index contributed by atoms with van der Waals surface area (Å²) in [5.41, 5.74) is 7.19. The number of rotatable bonds is 6. The third-order valence-electron chi connectivity index (χ3n) is 5.54. The van der Waals surface area contributed by atoms with Gasteiger partial charge in [0, 0.05) is 29.2 Å². The van der Waals surface area contributed by atoms with Crippen molar-refractivity contribution in [3.8, 4) is 0 Å². The lowest BCUT2D eigenvalue weighted by Gasteiger charge is -2.17. The molecule has 7 heteroatoms. The van der Waals surface area contributed by atoms with Gasteiger partial charge in [-0.3, -0.25) is 14.5 Å². The Hall–Kier alpha value is -2.12. The Bertz CT molecular complexity index is 973. The molecule has 4 rings (SSSR count). The second-order valence-corrected chi connectivity index (χ2v) is 9.14. The molecule has 1 aromatic heterocycles. The summed E-state index contributed by atoms with van der Waals surface area (Å²) in [6, 6.07) is 7.80. The van der Waals surface area contributed by atoms with E-state index in [0.29, 0.717) is 15.8 Å². The van der Waals surface area contributed by atoms with Gasteiger partial charge in [-0.25, -0.2) is 0 Å². The second kappa shape index (κ2) is 8.09. The van der Waals surface area contributed by atoms with Gasteiger partial charge in [-0.2, -0.15) is 0 Å². The Morgan fingerprint density at radius 1 is 1.29 bits per heavy atom. The van der Waals surface area contributed by atoms with Crippen LogP contribution in [0.25, 0.3) is 17.0 Å². The van der Waals surface area contributed by atoms with Gasteiger partial charge in [-0.1, -0.05) is 67.9 Å². The highest BCUT2D eigenvalue weighted by Crippen LogP contribution is 2.36. The molecule has 1 aliphatic carbocycles. The lowest BCUT2D eigenvalue weighted by Crippen LogP contribution is -2.30. The van der Waals surface area contributed by atoms with Crippen LogP contribution < -0.4 is 5.73 Å². The van der Waals surface area contributed by atoms with Gasteiger partial charge in [0.05, 0.1) is 4.91 Å². The van der Waals surface area contributed by atoms with Crippen LogP contribution in [0.3, 0.4) is 0 Å². The van der Waals surface area contributed by atoms with Crippen LogP contribution in [-0.2, 0) is 16.1 Å². The van der Waals surface area contributed by atoms with Crippen molar-refractivity contribution in [2.24, 2.45) is 11.7 Å². The van der Waals surface area contributed by atoms with Gasteiger partial charge in [0.25, 0.3) is 5.91 Å². The first-order chi connectivity index (χ1) is 13.5. The fourth-order valence-corrected chi connectivity index (χ4v) is 5.43. The first kappa shape index (κ1) is 19.2. The van der Waals surface area contributed by atoms with E-state index in [4.69, 9.17) is 18.0 Å². The molecule has 1 aliphatic heterocycles. The van der Waals surface area contributed by atoms with Crippen molar-refractivity contribution >= 4 is 57.1 Å². The van der Waals surface area contributed by atoms with Crippen LogP contribution in [0, 0.1) is 5.92 Å². The maximum Gasteiger partial charge on any atom is 0.266 e. The minimum absolute atomic E-state index is 0.0141. The van der Waals surface area contributed by atoms with Gasteiger partial charge in [-0.05, 0) is 24.5 Å². The Balaban J connectivity index is 1.58. The molecule has 2 amide bonds. The number of thiocarbonyl (C=S) groups is 1. The molecule has 28 heavy (non-hydrogen) atoms. The fraction of sp³-hybridized carbons (Fsp3) is 0.381. The Kier molecular flexibility index (Phi) is 5.55. The minimum Gasteiger partial charge on any atom is -0.368 e. The Morgan fingerprint density at radius 2 is 2.04 bits per heavy atom. The van der Waals surface area contributed by atoms with Gasteiger partial charge in [0.2, 0.25) is 5.91 Å². The first-order valence-corrected chi connectivity index (χ1v) is 10.9. The summed E-state index contributed by atoms with van der Waals surface area (Å²) in [6.45, 7) is 0.812. The van der Waals surface area contributed by atoms with Crippen molar-refractivity contribution in [1.82, 2.24) is 9.47 Å². The van der Waals surface area contributed by atoms with Gasteiger partial charge >= 0.3 is 0 Å². The quantitative estimate of drug-likeness (QED) is 0.576. The number of amides is 2. The molecule has 0 spiro atoms. The summed E-state index contributed by atoms with van der Waals surface area (Å²) >= 11 is 6.83. The third kappa shape index (κ3) is 3.86. The topological polar surface area (TPSA) is 68.3 Å². The normalized spacial score (nSPS) is 19.4. The molecule has 2 heterocycles. The van der Waals surface area contributed by atoms with E-state index in [-0.39, 0.29) is 12.5 Å². The predicted octanol–water partition coefficient (Wildman–Crippen LogP) is 3.91. The summed E-state index contributed by atoms with van der Waals surface area (Å²) in [6.07, 6.45) is 9.93. The number of primary amides is 1. The average Bonchev–Trinajstić information content (AvgIpc) is 3.35. The van der Waals surface area contributed by atoms with Crippen molar-refractivity contribution in [3.05, 3.63) is 40.9 Å². The molecule has 0 unspecified atom stereocenters. The highest BCUT2D eigenvalue weighted by molar-refractivity contribution is 8.26. The first-order valence-electron chi connectivity index (χ1n) is 9.64. The maximum atomic E-state index is 12.9. The van der Waals surface area contributed by atoms with E-state index >= 15 is 0 Å².